The fraction of sp³-hybridized carbons (Fsp3) is 0.455. The highest BCUT2D eigenvalue weighted by Crippen LogP contribution is 2.36. The third kappa shape index (κ3) is 4.09. The van der Waals surface area contributed by atoms with Gasteiger partial charge in [0.05, 0.1) is 4.91 Å². The van der Waals surface area contributed by atoms with E-state index < -0.39 is 0 Å². The van der Waals surface area contributed by atoms with E-state index in [2.05, 4.69) is 17.5 Å². The molecule has 0 atom stereocenters. The Hall–Kier alpha value is -2.37. The number of hydrogen-bond acceptors (Lipinski definition) is 6. The van der Waals surface area contributed by atoms with Crippen LogP contribution in [0.15, 0.2) is 22.4 Å². The molecule has 0 bridgehead atoms. The standard InChI is InChI=1S/C22H26N4O2S2/c1-4-10-26-21(28)18(30-22(26)29)13-16-15(3)17(14-23)20(27)25(5-2)19(16)24-11-8-6-7-9-12-24/h4,13H,1,5-12H2,2-3H3. The molecule has 0 radical (unpaired) electrons. The molecule has 2 aliphatic heterocycles. The maximum absolute atomic E-state index is 13.0. The summed E-state index contributed by atoms with van der Waals surface area (Å²) in [4.78, 5) is 30.2. The molecule has 0 unspecified atom stereocenters. The fourth-order valence-electron chi connectivity index (χ4n) is 3.98. The van der Waals surface area contributed by atoms with Crippen LogP contribution in [0, 0.1) is 18.3 Å². The third-order valence-corrected chi connectivity index (χ3v) is 6.91. The third-order valence-electron chi connectivity index (χ3n) is 5.53. The minimum Gasteiger partial charge on any atom is -0.357 e. The topological polar surface area (TPSA) is 69.3 Å². The van der Waals surface area contributed by atoms with E-state index in [9.17, 15) is 14.9 Å². The fourth-order valence-corrected chi connectivity index (χ4v) is 5.24. The van der Waals surface area contributed by atoms with E-state index in [-0.39, 0.29) is 17.0 Å². The first-order chi connectivity index (χ1) is 14.4. The average molecular weight is 443 g/mol. The van der Waals surface area contributed by atoms with E-state index in [0.29, 0.717) is 27.9 Å². The molecule has 3 rings (SSSR count). The van der Waals surface area contributed by atoms with E-state index in [1.54, 1.807) is 17.6 Å². The van der Waals surface area contributed by atoms with Crippen molar-refractivity contribution in [1.82, 2.24) is 9.47 Å². The van der Waals surface area contributed by atoms with Crippen molar-refractivity contribution in [3.8, 4) is 6.07 Å². The van der Waals surface area contributed by atoms with Crippen molar-refractivity contribution in [2.45, 2.75) is 46.1 Å². The number of rotatable bonds is 5. The Morgan fingerprint density at radius 2 is 1.90 bits per heavy atom. The van der Waals surface area contributed by atoms with E-state index in [1.165, 1.54) is 16.7 Å². The second-order valence-electron chi connectivity index (χ2n) is 7.38. The van der Waals surface area contributed by atoms with Crippen LogP contribution in [0.3, 0.4) is 0 Å². The molecule has 8 heteroatoms. The number of carbonyl (C=O) groups excluding carboxylic acids is 1. The maximum Gasteiger partial charge on any atom is 0.270 e. The number of carbonyl (C=O) groups is 1. The first kappa shape index (κ1) is 22.3. The van der Waals surface area contributed by atoms with Gasteiger partial charge in [0.25, 0.3) is 11.5 Å². The zero-order valence-corrected chi connectivity index (χ0v) is 19.1. The van der Waals surface area contributed by atoms with Crippen LogP contribution in [-0.2, 0) is 11.3 Å². The van der Waals surface area contributed by atoms with Crippen molar-refractivity contribution in [2.75, 3.05) is 24.5 Å². The SMILES string of the molecule is C=CCN1C(=O)C(=Cc2c(C)c(C#N)c(=O)n(CC)c2N2CCCCCC2)SC1=S. The Labute approximate surface area is 186 Å². The molecular weight excluding hydrogens is 416 g/mol. The van der Waals surface area contributed by atoms with Gasteiger partial charge in [-0.2, -0.15) is 5.26 Å². The van der Waals surface area contributed by atoms with Gasteiger partial charge in [0, 0.05) is 31.7 Å². The predicted molar refractivity (Wildman–Crippen MR) is 127 cm³/mol. The average Bonchev–Trinajstić information content (AvgIpc) is 2.92. The summed E-state index contributed by atoms with van der Waals surface area (Å²) in [6, 6.07) is 2.07. The molecule has 1 aromatic heterocycles. The molecule has 1 amide bonds. The summed E-state index contributed by atoms with van der Waals surface area (Å²) in [5, 5.41) is 9.65. The van der Waals surface area contributed by atoms with Gasteiger partial charge in [0.2, 0.25) is 0 Å². The van der Waals surface area contributed by atoms with Gasteiger partial charge in [0.15, 0.2) is 0 Å². The van der Waals surface area contributed by atoms with Gasteiger partial charge in [-0.15, -0.1) is 6.58 Å². The largest absolute Gasteiger partial charge is 0.357 e. The minimum atomic E-state index is -0.270. The molecule has 30 heavy (non-hydrogen) atoms. The van der Waals surface area contributed by atoms with Crippen molar-refractivity contribution in [2.24, 2.45) is 0 Å². The first-order valence-electron chi connectivity index (χ1n) is 10.2. The molecule has 6 nitrogen and oxygen atoms in total. The summed E-state index contributed by atoms with van der Waals surface area (Å²) < 4.78 is 2.16. The normalized spacial score (nSPS) is 18.6. The summed E-state index contributed by atoms with van der Waals surface area (Å²) in [5.41, 5.74) is 1.23. The molecule has 0 spiro atoms. The number of hydrogen-bond donors (Lipinski definition) is 0. The molecule has 0 saturated carbocycles. The lowest BCUT2D eigenvalue weighted by atomic mass is 10.0. The number of amides is 1. The second-order valence-corrected chi connectivity index (χ2v) is 9.06. The quantitative estimate of drug-likeness (QED) is 0.392. The predicted octanol–water partition coefficient (Wildman–Crippen LogP) is 3.82. The van der Waals surface area contributed by atoms with Gasteiger partial charge >= 0.3 is 0 Å². The molecule has 2 fully saturated rings. The van der Waals surface area contributed by atoms with Crippen LogP contribution in [0.2, 0.25) is 0 Å². The summed E-state index contributed by atoms with van der Waals surface area (Å²) in [7, 11) is 0. The zero-order chi connectivity index (χ0) is 21.8. The molecule has 2 saturated heterocycles. The molecule has 0 N–H and O–H groups in total. The van der Waals surface area contributed by atoms with Gasteiger partial charge in [-0.25, -0.2) is 0 Å². The number of aromatic nitrogens is 1. The van der Waals surface area contributed by atoms with Crippen molar-refractivity contribution >= 4 is 46.1 Å². The molecule has 158 valence electrons. The van der Waals surface area contributed by atoms with E-state index >= 15 is 0 Å². The van der Waals surface area contributed by atoms with Gasteiger partial charge in [-0.3, -0.25) is 19.1 Å². The Kier molecular flexibility index (Phi) is 7.16. The minimum absolute atomic E-state index is 0.128. The van der Waals surface area contributed by atoms with Crippen molar-refractivity contribution in [3.63, 3.8) is 0 Å². The van der Waals surface area contributed by atoms with Crippen LogP contribution in [0.25, 0.3) is 6.08 Å². The number of nitrogens with zero attached hydrogens (tertiary/aromatic N) is 4. The van der Waals surface area contributed by atoms with Crippen molar-refractivity contribution in [3.05, 3.63) is 44.6 Å². The molecule has 0 aliphatic carbocycles. The van der Waals surface area contributed by atoms with Crippen LogP contribution in [-0.4, -0.2) is 39.3 Å². The van der Waals surface area contributed by atoms with Gasteiger partial charge < -0.3 is 4.90 Å². The van der Waals surface area contributed by atoms with Crippen LogP contribution < -0.4 is 10.5 Å². The number of anilines is 1. The highest BCUT2D eigenvalue weighted by molar-refractivity contribution is 8.26. The van der Waals surface area contributed by atoms with Gasteiger partial charge in [0.1, 0.15) is 21.8 Å². The van der Waals surface area contributed by atoms with E-state index in [4.69, 9.17) is 12.2 Å². The summed E-state index contributed by atoms with van der Waals surface area (Å²) in [6.45, 7) is 9.91. The monoisotopic (exact) mass is 442 g/mol. The molecule has 0 aromatic carbocycles. The second kappa shape index (κ2) is 9.63. The summed E-state index contributed by atoms with van der Waals surface area (Å²) >= 11 is 6.61. The number of nitriles is 1. The molecular formula is C22H26N4O2S2. The van der Waals surface area contributed by atoms with E-state index in [1.807, 2.05) is 13.0 Å². The number of pyridine rings is 1. The van der Waals surface area contributed by atoms with Gasteiger partial charge in [-0.05, 0) is 38.3 Å². The lowest BCUT2D eigenvalue weighted by molar-refractivity contribution is -0.121. The number of thioether (sulfide) groups is 1. The van der Waals surface area contributed by atoms with Crippen LogP contribution in [0.1, 0.15) is 49.3 Å². The maximum atomic E-state index is 13.0. The van der Waals surface area contributed by atoms with E-state index in [0.717, 1.165) is 50.2 Å². The van der Waals surface area contributed by atoms with Crippen molar-refractivity contribution in [1.29, 1.82) is 5.26 Å². The Bertz CT molecular complexity index is 1010. The van der Waals surface area contributed by atoms with Crippen LogP contribution in [0.5, 0.6) is 0 Å². The molecule has 1 aromatic rings. The molecule has 3 heterocycles. The Morgan fingerprint density at radius 1 is 1.23 bits per heavy atom. The smallest absolute Gasteiger partial charge is 0.270 e. The summed E-state index contributed by atoms with van der Waals surface area (Å²) in [6.07, 6.45) is 7.89. The zero-order valence-electron chi connectivity index (χ0n) is 17.4. The lowest BCUT2D eigenvalue weighted by Crippen LogP contribution is -2.35. The summed E-state index contributed by atoms with van der Waals surface area (Å²) in [5.74, 6) is 0.633. The first-order valence-corrected chi connectivity index (χ1v) is 11.5. The highest BCUT2D eigenvalue weighted by atomic mass is 32.2. The van der Waals surface area contributed by atoms with Gasteiger partial charge in [-0.1, -0.05) is 42.9 Å². The lowest BCUT2D eigenvalue weighted by Gasteiger charge is -2.29. The molecule has 2 aliphatic rings. The Morgan fingerprint density at radius 3 is 2.47 bits per heavy atom. The van der Waals surface area contributed by atoms with Crippen LogP contribution in [0.4, 0.5) is 5.82 Å². The van der Waals surface area contributed by atoms with Crippen LogP contribution >= 0.6 is 24.0 Å². The highest BCUT2D eigenvalue weighted by Gasteiger charge is 2.32. The van der Waals surface area contributed by atoms with Crippen molar-refractivity contribution < 1.29 is 4.79 Å². The Balaban J connectivity index is 2.23. The number of thiocarbonyl (C=S) groups is 1.